The highest BCUT2D eigenvalue weighted by atomic mass is 16.3. The molecule has 1 aliphatic carbocycles. The first-order chi connectivity index (χ1) is 10.6. The maximum atomic E-state index is 10.7. The first kappa shape index (κ1) is 12.5. The molecule has 0 bridgehead atoms. The van der Waals surface area contributed by atoms with Crippen LogP contribution in [0.25, 0.3) is 21.9 Å². The second-order valence-corrected chi connectivity index (χ2v) is 5.17. The zero-order valence-electron chi connectivity index (χ0n) is 11.4. The van der Waals surface area contributed by atoms with Crippen molar-refractivity contribution in [2.45, 2.75) is 0 Å². The minimum atomic E-state index is -0.138. The van der Waals surface area contributed by atoms with Gasteiger partial charge in [-0.15, -0.1) is 0 Å². The lowest BCUT2D eigenvalue weighted by Crippen LogP contribution is -2.02. The van der Waals surface area contributed by atoms with E-state index in [4.69, 9.17) is 5.84 Å². The first-order valence-electron chi connectivity index (χ1n) is 6.72. The molecule has 0 heterocycles. The topological polar surface area (TPSA) is 99.1 Å². The average molecular weight is 292 g/mol. The molecule has 0 saturated carbocycles. The fourth-order valence-corrected chi connectivity index (χ4v) is 3.15. The van der Waals surface area contributed by atoms with Crippen LogP contribution in [0.1, 0.15) is 11.1 Å². The van der Waals surface area contributed by atoms with Gasteiger partial charge in [0.2, 0.25) is 0 Å². The Balaban J connectivity index is 2.28. The lowest BCUT2D eigenvalue weighted by Gasteiger charge is -2.12. The quantitative estimate of drug-likeness (QED) is 0.227. The summed E-state index contributed by atoms with van der Waals surface area (Å²) in [6, 6.07) is 12.0. The van der Waals surface area contributed by atoms with Gasteiger partial charge in [-0.25, -0.2) is 0 Å². The Morgan fingerprint density at radius 2 is 1.50 bits per heavy atom. The molecule has 0 unspecified atom stereocenters. The van der Waals surface area contributed by atoms with E-state index in [-0.39, 0.29) is 22.6 Å². The van der Waals surface area contributed by atoms with Crippen LogP contribution in [0.2, 0.25) is 0 Å². The van der Waals surface area contributed by atoms with Crippen LogP contribution in [0, 0.1) is 0 Å². The maximum Gasteiger partial charge on any atom is 0.137 e. The minimum absolute atomic E-state index is 0.00944. The van der Waals surface area contributed by atoms with Crippen LogP contribution in [-0.4, -0.2) is 21.0 Å². The number of phenolic OH excluding ortho intramolecular Hbond substituents is 3. The lowest BCUT2D eigenvalue weighted by atomic mass is 9.97. The molecule has 0 atom stereocenters. The molecule has 0 saturated heterocycles. The van der Waals surface area contributed by atoms with Crippen molar-refractivity contribution in [3.63, 3.8) is 0 Å². The van der Waals surface area contributed by atoms with Crippen LogP contribution in [-0.2, 0) is 0 Å². The Morgan fingerprint density at radius 3 is 2.23 bits per heavy atom. The first-order valence-corrected chi connectivity index (χ1v) is 6.72. The molecule has 0 radical (unpaired) electrons. The molecule has 3 aromatic carbocycles. The second kappa shape index (κ2) is 4.14. The molecule has 5 heteroatoms. The monoisotopic (exact) mass is 292 g/mol. The standard InChI is InChI=1S/C17H12N2O3/c18-19-15-9-5-2-1-4-8(9)13-14(15)17(22)12-10(16(13)21)6-3-7-11(12)20/h1-7,20-22H,18H2/b19-15+. The van der Waals surface area contributed by atoms with E-state index in [0.29, 0.717) is 22.2 Å². The van der Waals surface area contributed by atoms with Gasteiger partial charge in [-0.1, -0.05) is 36.4 Å². The van der Waals surface area contributed by atoms with E-state index in [1.165, 1.54) is 6.07 Å². The van der Waals surface area contributed by atoms with E-state index in [9.17, 15) is 15.3 Å². The molecule has 0 fully saturated rings. The van der Waals surface area contributed by atoms with Crippen LogP contribution >= 0.6 is 0 Å². The normalized spacial score (nSPS) is 14.3. The number of rotatable bonds is 0. The van der Waals surface area contributed by atoms with Gasteiger partial charge in [0.1, 0.15) is 23.0 Å². The van der Waals surface area contributed by atoms with Crippen molar-refractivity contribution < 1.29 is 15.3 Å². The van der Waals surface area contributed by atoms with Crippen LogP contribution in [0.3, 0.4) is 0 Å². The summed E-state index contributed by atoms with van der Waals surface area (Å²) in [7, 11) is 0. The fourth-order valence-electron chi connectivity index (χ4n) is 3.15. The van der Waals surface area contributed by atoms with Crippen molar-refractivity contribution in [2.75, 3.05) is 0 Å². The molecule has 0 aromatic heterocycles. The summed E-state index contributed by atoms with van der Waals surface area (Å²) in [4.78, 5) is 0. The summed E-state index contributed by atoms with van der Waals surface area (Å²) in [6.07, 6.45) is 0. The van der Waals surface area contributed by atoms with E-state index in [2.05, 4.69) is 5.10 Å². The van der Waals surface area contributed by atoms with Crippen molar-refractivity contribution >= 4 is 16.5 Å². The van der Waals surface area contributed by atoms with Gasteiger partial charge in [-0.2, -0.15) is 5.10 Å². The van der Waals surface area contributed by atoms with Crippen LogP contribution in [0.4, 0.5) is 0 Å². The highest BCUT2D eigenvalue weighted by Gasteiger charge is 2.33. The van der Waals surface area contributed by atoms with Gasteiger partial charge in [0.05, 0.1) is 10.9 Å². The third-order valence-corrected chi connectivity index (χ3v) is 4.08. The Kier molecular flexibility index (Phi) is 2.36. The van der Waals surface area contributed by atoms with Crippen molar-refractivity contribution in [1.82, 2.24) is 0 Å². The van der Waals surface area contributed by atoms with E-state index in [1.807, 2.05) is 24.3 Å². The number of benzene rings is 3. The number of aromatic hydroxyl groups is 3. The SMILES string of the molecule is N/N=C1\c2ccccc2-c2c1c(O)c1c(O)cccc1c2O. The van der Waals surface area contributed by atoms with Crippen molar-refractivity contribution in [2.24, 2.45) is 10.9 Å². The highest BCUT2D eigenvalue weighted by Crippen LogP contribution is 2.52. The smallest absolute Gasteiger partial charge is 0.137 e. The summed E-state index contributed by atoms with van der Waals surface area (Å²) in [6.45, 7) is 0. The van der Waals surface area contributed by atoms with Gasteiger partial charge >= 0.3 is 0 Å². The molecule has 4 rings (SSSR count). The molecule has 0 aliphatic heterocycles. The van der Waals surface area contributed by atoms with Gasteiger partial charge in [0.25, 0.3) is 0 Å². The van der Waals surface area contributed by atoms with Crippen LogP contribution in [0.15, 0.2) is 47.6 Å². The Bertz CT molecular complexity index is 977. The van der Waals surface area contributed by atoms with Gasteiger partial charge in [-0.05, 0) is 11.6 Å². The van der Waals surface area contributed by atoms with Gasteiger partial charge < -0.3 is 21.2 Å². The number of phenols is 3. The molecule has 22 heavy (non-hydrogen) atoms. The predicted molar refractivity (Wildman–Crippen MR) is 84.2 cm³/mol. The van der Waals surface area contributed by atoms with Gasteiger partial charge in [-0.3, -0.25) is 0 Å². The Morgan fingerprint density at radius 1 is 0.773 bits per heavy atom. The molecule has 3 aromatic rings. The number of fused-ring (bicyclic) bond motifs is 4. The van der Waals surface area contributed by atoms with Crippen LogP contribution < -0.4 is 5.84 Å². The number of nitrogens with two attached hydrogens (primary N) is 1. The zero-order chi connectivity index (χ0) is 15.4. The molecule has 1 aliphatic rings. The summed E-state index contributed by atoms with van der Waals surface area (Å²) >= 11 is 0. The van der Waals surface area contributed by atoms with E-state index in [1.54, 1.807) is 12.1 Å². The summed E-state index contributed by atoms with van der Waals surface area (Å²) in [5, 5.41) is 35.7. The fraction of sp³-hybridized carbons (Fsp3) is 0. The summed E-state index contributed by atoms with van der Waals surface area (Å²) in [5.41, 5.74) is 2.70. The van der Waals surface area contributed by atoms with E-state index < -0.39 is 0 Å². The van der Waals surface area contributed by atoms with Gasteiger partial charge in [0, 0.05) is 16.5 Å². The van der Waals surface area contributed by atoms with Gasteiger partial charge in [0.15, 0.2) is 0 Å². The van der Waals surface area contributed by atoms with E-state index >= 15 is 0 Å². The van der Waals surface area contributed by atoms with E-state index in [0.717, 1.165) is 11.1 Å². The largest absolute Gasteiger partial charge is 0.507 e. The molecule has 108 valence electrons. The molecule has 0 amide bonds. The van der Waals surface area contributed by atoms with Crippen molar-refractivity contribution in [3.05, 3.63) is 53.6 Å². The second-order valence-electron chi connectivity index (χ2n) is 5.17. The molecule has 5 N–H and O–H groups in total. The molecular formula is C17H12N2O3. The lowest BCUT2D eigenvalue weighted by molar-refractivity contribution is 0.458. The average Bonchev–Trinajstić information content (AvgIpc) is 2.87. The maximum absolute atomic E-state index is 10.7. The third kappa shape index (κ3) is 1.34. The number of nitrogens with zero attached hydrogens (tertiary/aromatic N) is 1. The number of hydrogen-bond donors (Lipinski definition) is 4. The Labute approximate surface area is 125 Å². The van der Waals surface area contributed by atoms with Crippen LogP contribution in [0.5, 0.6) is 17.2 Å². The summed E-state index contributed by atoms with van der Waals surface area (Å²) < 4.78 is 0. The number of hydrazone groups is 1. The molecule has 0 spiro atoms. The molecule has 5 nitrogen and oxygen atoms in total. The zero-order valence-corrected chi connectivity index (χ0v) is 11.4. The van der Waals surface area contributed by atoms with Crippen molar-refractivity contribution in [1.29, 1.82) is 0 Å². The predicted octanol–water partition coefficient (Wildman–Crippen LogP) is 2.65. The van der Waals surface area contributed by atoms with Crippen molar-refractivity contribution in [3.8, 4) is 28.4 Å². The summed E-state index contributed by atoms with van der Waals surface area (Å²) in [5.74, 6) is 5.24. The third-order valence-electron chi connectivity index (χ3n) is 4.08. The molecular weight excluding hydrogens is 280 g/mol. The highest BCUT2D eigenvalue weighted by molar-refractivity contribution is 6.29. The Hall–Kier alpha value is -3.21. The number of hydrogen-bond acceptors (Lipinski definition) is 5. The minimum Gasteiger partial charge on any atom is -0.507 e.